The molecule has 1 aromatic heterocycles. The highest BCUT2D eigenvalue weighted by atomic mass is 79.9. The summed E-state index contributed by atoms with van der Waals surface area (Å²) in [4.78, 5) is 16.0. The number of nitrogens with one attached hydrogen (secondary N) is 2. The van der Waals surface area contributed by atoms with Gasteiger partial charge < -0.3 is 10.1 Å². The van der Waals surface area contributed by atoms with Crippen LogP contribution in [0.1, 0.15) is 17.3 Å². The van der Waals surface area contributed by atoms with Crippen molar-refractivity contribution in [1.29, 1.82) is 0 Å². The molecule has 0 aliphatic carbocycles. The normalized spacial score (nSPS) is 16.4. The minimum atomic E-state index is -3.63. The number of morpholine rings is 1. The van der Waals surface area contributed by atoms with Gasteiger partial charge in [0.1, 0.15) is 0 Å². The maximum Gasteiger partial charge on any atom is 0.240 e. The molecule has 1 fully saturated rings. The predicted molar refractivity (Wildman–Crippen MR) is 116 cm³/mol. The van der Waals surface area contributed by atoms with E-state index in [2.05, 4.69) is 36.9 Å². The SMILES string of the molecule is O=C(CCNS(=O)(=O)c1ccc(Br)cc1)NC[C@H](c1cccs1)N1CCOCC1. The molecular weight excluding hydrogens is 478 g/mol. The second kappa shape index (κ2) is 10.6. The third kappa shape index (κ3) is 6.59. The third-order valence-electron chi connectivity index (χ3n) is 4.62. The van der Waals surface area contributed by atoms with Gasteiger partial charge in [-0.05, 0) is 35.7 Å². The third-order valence-corrected chi connectivity index (χ3v) is 7.60. The molecule has 0 bridgehead atoms. The molecule has 1 aromatic carbocycles. The number of ether oxygens (including phenoxy) is 1. The van der Waals surface area contributed by atoms with E-state index in [4.69, 9.17) is 4.74 Å². The van der Waals surface area contributed by atoms with Crippen LogP contribution in [0.15, 0.2) is 51.1 Å². The molecule has 2 aromatic rings. The van der Waals surface area contributed by atoms with E-state index in [1.165, 1.54) is 17.0 Å². The number of hydrogen-bond acceptors (Lipinski definition) is 6. The minimum Gasteiger partial charge on any atom is -0.379 e. The van der Waals surface area contributed by atoms with E-state index >= 15 is 0 Å². The topological polar surface area (TPSA) is 87.7 Å². The van der Waals surface area contributed by atoms with Crippen molar-refractivity contribution in [3.63, 3.8) is 0 Å². The molecule has 1 saturated heterocycles. The van der Waals surface area contributed by atoms with E-state index in [9.17, 15) is 13.2 Å². The number of amides is 1. The van der Waals surface area contributed by atoms with Gasteiger partial charge in [-0.25, -0.2) is 13.1 Å². The lowest BCUT2D eigenvalue weighted by molar-refractivity contribution is -0.121. The Morgan fingerprint density at radius 3 is 2.59 bits per heavy atom. The second-order valence-electron chi connectivity index (χ2n) is 6.59. The highest BCUT2D eigenvalue weighted by Crippen LogP contribution is 2.25. The van der Waals surface area contributed by atoms with Gasteiger partial charge in [-0.3, -0.25) is 9.69 Å². The molecule has 1 aliphatic heterocycles. The van der Waals surface area contributed by atoms with Crippen LogP contribution >= 0.6 is 27.3 Å². The molecule has 158 valence electrons. The fourth-order valence-electron chi connectivity index (χ4n) is 3.07. The maximum atomic E-state index is 12.3. The van der Waals surface area contributed by atoms with Crippen molar-refractivity contribution >= 4 is 43.2 Å². The average Bonchev–Trinajstić information content (AvgIpc) is 3.24. The lowest BCUT2D eigenvalue weighted by Crippen LogP contribution is -2.43. The van der Waals surface area contributed by atoms with E-state index in [0.717, 1.165) is 17.6 Å². The average molecular weight is 502 g/mol. The summed E-state index contributed by atoms with van der Waals surface area (Å²) >= 11 is 4.95. The van der Waals surface area contributed by atoms with E-state index in [1.54, 1.807) is 23.5 Å². The molecular formula is C19H24BrN3O4S2. The zero-order valence-electron chi connectivity index (χ0n) is 15.8. The van der Waals surface area contributed by atoms with Crippen molar-refractivity contribution in [3.8, 4) is 0 Å². The molecule has 2 N–H and O–H groups in total. The van der Waals surface area contributed by atoms with E-state index in [1.807, 2.05) is 11.4 Å². The van der Waals surface area contributed by atoms with Gasteiger partial charge in [-0.1, -0.05) is 22.0 Å². The number of thiophene rings is 1. The van der Waals surface area contributed by atoms with Crippen molar-refractivity contribution in [2.75, 3.05) is 39.4 Å². The molecule has 3 rings (SSSR count). The molecule has 0 saturated carbocycles. The largest absolute Gasteiger partial charge is 0.379 e. The molecule has 2 heterocycles. The Hall–Kier alpha value is -1.30. The van der Waals surface area contributed by atoms with Gasteiger partial charge in [-0.15, -0.1) is 11.3 Å². The quantitative estimate of drug-likeness (QED) is 0.550. The van der Waals surface area contributed by atoms with Crippen LogP contribution in [-0.4, -0.2) is 58.6 Å². The first-order valence-electron chi connectivity index (χ1n) is 9.33. The molecule has 1 amide bonds. The van der Waals surface area contributed by atoms with E-state index < -0.39 is 10.0 Å². The number of carbonyl (C=O) groups excluding carboxylic acids is 1. The Kier molecular flexibility index (Phi) is 8.22. The summed E-state index contributed by atoms with van der Waals surface area (Å²) in [6, 6.07) is 10.5. The molecule has 1 aliphatic rings. The highest BCUT2D eigenvalue weighted by Gasteiger charge is 2.24. The van der Waals surface area contributed by atoms with Gasteiger partial charge in [0.05, 0.1) is 24.2 Å². The zero-order chi connectivity index (χ0) is 20.7. The van der Waals surface area contributed by atoms with Gasteiger partial charge >= 0.3 is 0 Å². The van der Waals surface area contributed by atoms with Crippen LogP contribution in [0.3, 0.4) is 0 Å². The lowest BCUT2D eigenvalue weighted by atomic mass is 10.2. The monoisotopic (exact) mass is 501 g/mol. The first-order chi connectivity index (χ1) is 14.0. The minimum absolute atomic E-state index is 0.0471. The van der Waals surface area contributed by atoms with Crippen molar-refractivity contribution < 1.29 is 17.9 Å². The summed E-state index contributed by atoms with van der Waals surface area (Å²) in [5, 5.41) is 4.98. The maximum absolute atomic E-state index is 12.3. The molecule has 29 heavy (non-hydrogen) atoms. The van der Waals surface area contributed by atoms with Gasteiger partial charge in [0.2, 0.25) is 15.9 Å². The zero-order valence-corrected chi connectivity index (χ0v) is 19.1. The van der Waals surface area contributed by atoms with Crippen molar-refractivity contribution in [2.45, 2.75) is 17.4 Å². The number of halogens is 1. The first-order valence-corrected chi connectivity index (χ1v) is 12.5. The van der Waals surface area contributed by atoms with Gasteiger partial charge in [0.15, 0.2) is 0 Å². The number of hydrogen-bond donors (Lipinski definition) is 2. The van der Waals surface area contributed by atoms with Crippen molar-refractivity contribution in [3.05, 3.63) is 51.1 Å². The molecule has 7 nitrogen and oxygen atoms in total. The predicted octanol–water partition coefficient (Wildman–Crippen LogP) is 2.37. The number of sulfonamides is 1. The van der Waals surface area contributed by atoms with E-state index in [-0.39, 0.29) is 29.8 Å². The molecule has 0 spiro atoms. The van der Waals surface area contributed by atoms with Crippen molar-refractivity contribution in [1.82, 2.24) is 14.9 Å². The van der Waals surface area contributed by atoms with Crippen LogP contribution in [0.25, 0.3) is 0 Å². The van der Waals surface area contributed by atoms with Gasteiger partial charge in [0, 0.05) is 41.9 Å². The number of carbonyl (C=O) groups is 1. The molecule has 1 atom stereocenters. The van der Waals surface area contributed by atoms with E-state index in [0.29, 0.717) is 19.8 Å². The summed E-state index contributed by atoms with van der Waals surface area (Å²) in [5.41, 5.74) is 0. The highest BCUT2D eigenvalue weighted by molar-refractivity contribution is 9.10. The van der Waals surface area contributed by atoms with Gasteiger partial charge in [0.25, 0.3) is 0 Å². The molecule has 0 radical (unpaired) electrons. The fraction of sp³-hybridized carbons (Fsp3) is 0.421. The smallest absolute Gasteiger partial charge is 0.240 e. The lowest BCUT2D eigenvalue weighted by Gasteiger charge is -2.34. The number of rotatable bonds is 9. The fourth-order valence-corrected chi connectivity index (χ4v) is 5.23. The standard InChI is InChI=1S/C19H24BrN3O4S2/c20-15-3-5-16(6-4-15)29(25,26)22-8-7-19(24)21-14-17(18-2-1-13-28-18)23-9-11-27-12-10-23/h1-6,13,17,22H,7-12,14H2,(H,21,24)/t17-/m1/s1. The molecule has 0 unspecified atom stereocenters. The Bertz CT molecular complexity index is 883. The van der Waals surface area contributed by atoms with Crippen molar-refractivity contribution in [2.24, 2.45) is 0 Å². The van der Waals surface area contributed by atoms with Crippen LogP contribution in [0, 0.1) is 0 Å². The Balaban J connectivity index is 1.48. The second-order valence-corrected chi connectivity index (χ2v) is 10.2. The number of benzene rings is 1. The summed E-state index contributed by atoms with van der Waals surface area (Å²) in [6.45, 7) is 3.56. The Morgan fingerprint density at radius 2 is 1.93 bits per heavy atom. The molecule has 10 heteroatoms. The van der Waals surface area contributed by atoms with Crippen LogP contribution < -0.4 is 10.0 Å². The summed E-state index contributed by atoms with van der Waals surface area (Å²) in [6.07, 6.45) is 0.0794. The van der Waals surface area contributed by atoms with Crippen LogP contribution in [0.4, 0.5) is 0 Å². The Labute approximate surface area is 183 Å². The van der Waals surface area contributed by atoms with Crippen LogP contribution in [-0.2, 0) is 19.6 Å². The Morgan fingerprint density at radius 1 is 1.21 bits per heavy atom. The summed E-state index contributed by atoms with van der Waals surface area (Å²) in [5.74, 6) is -0.182. The van der Waals surface area contributed by atoms with Gasteiger partial charge in [-0.2, -0.15) is 0 Å². The first kappa shape index (κ1) is 22.4. The summed E-state index contributed by atoms with van der Waals surface area (Å²) in [7, 11) is -3.63. The van der Waals surface area contributed by atoms with Crippen LogP contribution in [0.5, 0.6) is 0 Å². The summed E-state index contributed by atoms with van der Waals surface area (Å²) < 4.78 is 33.3. The number of nitrogens with zero attached hydrogens (tertiary/aromatic N) is 1. The van der Waals surface area contributed by atoms with Crippen LogP contribution in [0.2, 0.25) is 0 Å².